The van der Waals surface area contributed by atoms with Gasteiger partial charge in [0.25, 0.3) is 5.91 Å². The van der Waals surface area contributed by atoms with Gasteiger partial charge in [0.1, 0.15) is 0 Å². The summed E-state index contributed by atoms with van der Waals surface area (Å²) in [6.45, 7) is 1.44. The van der Waals surface area contributed by atoms with Crippen molar-refractivity contribution in [2.24, 2.45) is 0 Å². The Kier molecular flexibility index (Phi) is 5.24. The maximum absolute atomic E-state index is 12.1. The average molecular weight is 279 g/mol. The standard InChI is InChI=1S/C15H21NO4/c1-19-13-7-5-6-12(10-17)15(13)20-11-14(18)16-8-3-2-4-9-16/h5-7,17H,2-4,8-11H2,1H3. The highest BCUT2D eigenvalue weighted by molar-refractivity contribution is 5.78. The Balaban J connectivity index is 2.00. The highest BCUT2D eigenvalue weighted by Gasteiger charge is 2.18. The normalized spacial score (nSPS) is 15.0. The molecule has 110 valence electrons. The van der Waals surface area contributed by atoms with Crippen LogP contribution in [0.2, 0.25) is 0 Å². The Morgan fingerprint density at radius 2 is 2.05 bits per heavy atom. The summed E-state index contributed by atoms with van der Waals surface area (Å²) in [5.74, 6) is 0.963. The van der Waals surface area contributed by atoms with Crippen LogP contribution in [0, 0.1) is 0 Å². The van der Waals surface area contributed by atoms with Crippen LogP contribution in [0.3, 0.4) is 0 Å². The second kappa shape index (κ2) is 7.14. The molecule has 5 heteroatoms. The Labute approximate surface area is 119 Å². The lowest BCUT2D eigenvalue weighted by atomic mass is 10.1. The van der Waals surface area contributed by atoms with Crippen molar-refractivity contribution in [2.45, 2.75) is 25.9 Å². The van der Waals surface area contributed by atoms with Crippen molar-refractivity contribution in [1.82, 2.24) is 4.90 Å². The van der Waals surface area contributed by atoms with E-state index in [0.717, 1.165) is 25.9 Å². The van der Waals surface area contributed by atoms with E-state index in [1.807, 2.05) is 4.90 Å². The van der Waals surface area contributed by atoms with Gasteiger partial charge in [-0.15, -0.1) is 0 Å². The van der Waals surface area contributed by atoms with Gasteiger partial charge in [-0.25, -0.2) is 0 Å². The number of aliphatic hydroxyl groups excluding tert-OH is 1. The van der Waals surface area contributed by atoms with E-state index in [1.54, 1.807) is 18.2 Å². The summed E-state index contributed by atoms with van der Waals surface area (Å²) in [6, 6.07) is 5.28. The van der Waals surface area contributed by atoms with Crippen molar-refractivity contribution in [2.75, 3.05) is 26.8 Å². The number of methoxy groups -OCH3 is 1. The van der Waals surface area contributed by atoms with Gasteiger partial charge < -0.3 is 19.5 Å². The van der Waals surface area contributed by atoms with Crippen LogP contribution >= 0.6 is 0 Å². The molecule has 20 heavy (non-hydrogen) atoms. The van der Waals surface area contributed by atoms with Crippen molar-refractivity contribution in [3.8, 4) is 11.5 Å². The molecule has 0 unspecified atom stereocenters. The molecule has 0 saturated carbocycles. The smallest absolute Gasteiger partial charge is 0.260 e. The van der Waals surface area contributed by atoms with E-state index in [2.05, 4.69) is 0 Å². The third-order valence-electron chi connectivity index (χ3n) is 3.50. The lowest BCUT2D eigenvalue weighted by Gasteiger charge is -2.26. The topological polar surface area (TPSA) is 59.0 Å². The van der Waals surface area contributed by atoms with Gasteiger partial charge in [0, 0.05) is 18.7 Å². The van der Waals surface area contributed by atoms with Crippen LogP contribution in [0.5, 0.6) is 11.5 Å². The van der Waals surface area contributed by atoms with Crippen molar-refractivity contribution >= 4 is 5.91 Å². The summed E-state index contributed by atoms with van der Waals surface area (Å²) in [7, 11) is 1.54. The monoisotopic (exact) mass is 279 g/mol. The molecule has 0 aromatic heterocycles. The van der Waals surface area contributed by atoms with Gasteiger partial charge in [-0.05, 0) is 25.3 Å². The zero-order valence-corrected chi connectivity index (χ0v) is 11.8. The minimum absolute atomic E-state index is 0.0144. The van der Waals surface area contributed by atoms with Crippen LogP contribution in [-0.4, -0.2) is 42.7 Å². The lowest BCUT2D eigenvalue weighted by molar-refractivity contribution is -0.134. The van der Waals surface area contributed by atoms with E-state index in [1.165, 1.54) is 13.5 Å². The molecule has 2 rings (SSSR count). The van der Waals surface area contributed by atoms with Crippen molar-refractivity contribution < 1.29 is 19.4 Å². The Bertz CT molecular complexity index is 433. The second-order valence-electron chi connectivity index (χ2n) is 4.84. The zero-order valence-electron chi connectivity index (χ0n) is 11.8. The maximum atomic E-state index is 12.1. The van der Waals surface area contributed by atoms with Crippen LogP contribution in [0.25, 0.3) is 0 Å². The minimum atomic E-state index is -0.148. The highest BCUT2D eigenvalue weighted by Crippen LogP contribution is 2.31. The van der Waals surface area contributed by atoms with E-state index in [-0.39, 0.29) is 19.1 Å². The number of para-hydroxylation sites is 1. The summed E-state index contributed by atoms with van der Waals surface area (Å²) < 4.78 is 10.8. The van der Waals surface area contributed by atoms with E-state index in [0.29, 0.717) is 17.1 Å². The number of nitrogens with zero attached hydrogens (tertiary/aromatic N) is 1. The van der Waals surface area contributed by atoms with E-state index in [9.17, 15) is 9.90 Å². The lowest BCUT2D eigenvalue weighted by Crippen LogP contribution is -2.38. The van der Waals surface area contributed by atoms with Crippen LogP contribution < -0.4 is 9.47 Å². The first-order chi connectivity index (χ1) is 9.76. The summed E-state index contributed by atoms with van der Waals surface area (Å²) in [6.07, 6.45) is 3.30. The summed E-state index contributed by atoms with van der Waals surface area (Å²) in [4.78, 5) is 13.9. The van der Waals surface area contributed by atoms with E-state index in [4.69, 9.17) is 9.47 Å². The predicted molar refractivity (Wildman–Crippen MR) is 74.8 cm³/mol. The molecule has 1 N–H and O–H groups in total. The first-order valence-electron chi connectivity index (χ1n) is 6.93. The molecule has 1 saturated heterocycles. The maximum Gasteiger partial charge on any atom is 0.260 e. The number of carbonyl (C=O) groups is 1. The van der Waals surface area contributed by atoms with Gasteiger partial charge in [0.05, 0.1) is 13.7 Å². The molecule has 0 spiro atoms. The summed E-state index contributed by atoms with van der Waals surface area (Å²) in [5, 5.41) is 9.32. The fourth-order valence-corrected chi connectivity index (χ4v) is 2.38. The average Bonchev–Trinajstić information content (AvgIpc) is 2.52. The van der Waals surface area contributed by atoms with Crippen molar-refractivity contribution in [3.63, 3.8) is 0 Å². The SMILES string of the molecule is COc1cccc(CO)c1OCC(=O)N1CCCCC1. The third-order valence-corrected chi connectivity index (χ3v) is 3.50. The van der Waals surface area contributed by atoms with Gasteiger partial charge in [0.15, 0.2) is 18.1 Å². The summed E-state index contributed by atoms with van der Waals surface area (Å²) in [5.41, 5.74) is 0.621. The number of aliphatic hydroxyl groups is 1. The van der Waals surface area contributed by atoms with Gasteiger partial charge in [0.2, 0.25) is 0 Å². The molecule has 1 fully saturated rings. The molecular formula is C15H21NO4. The highest BCUT2D eigenvalue weighted by atomic mass is 16.5. The number of rotatable bonds is 5. The Hall–Kier alpha value is -1.75. The fourth-order valence-electron chi connectivity index (χ4n) is 2.38. The number of likely N-dealkylation sites (tertiary alicyclic amines) is 1. The van der Waals surface area contributed by atoms with Gasteiger partial charge in [-0.3, -0.25) is 4.79 Å². The molecule has 1 aromatic rings. The van der Waals surface area contributed by atoms with E-state index >= 15 is 0 Å². The first kappa shape index (κ1) is 14.7. The molecule has 0 radical (unpaired) electrons. The van der Waals surface area contributed by atoms with E-state index < -0.39 is 0 Å². The molecule has 1 aromatic carbocycles. The molecule has 0 atom stereocenters. The van der Waals surface area contributed by atoms with Crippen molar-refractivity contribution in [3.05, 3.63) is 23.8 Å². The van der Waals surface area contributed by atoms with Gasteiger partial charge in [-0.2, -0.15) is 0 Å². The van der Waals surface area contributed by atoms with Gasteiger partial charge >= 0.3 is 0 Å². The van der Waals surface area contributed by atoms with Crippen molar-refractivity contribution in [1.29, 1.82) is 0 Å². The molecular weight excluding hydrogens is 258 g/mol. The Morgan fingerprint density at radius 3 is 2.70 bits per heavy atom. The largest absolute Gasteiger partial charge is 0.493 e. The number of hydrogen-bond donors (Lipinski definition) is 1. The first-order valence-corrected chi connectivity index (χ1v) is 6.93. The molecule has 1 amide bonds. The molecule has 1 heterocycles. The molecule has 1 aliphatic heterocycles. The van der Waals surface area contributed by atoms with Crippen LogP contribution in [0.15, 0.2) is 18.2 Å². The number of benzene rings is 1. The molecule has 0 aliphatic carbocycles. The number of ether oxygens (including phenoxy) is 2. The molecule has 5 nitrogen and oxygen atoms in total. The Morgan fingerprint density at radius 1 is 1.30 bits per heavy atom. The minimum Gasteiger partial charge on any atom is -0.493 e. The summed E-state index contributed by atoms with van der Waals surface area (Å²) >= 11 is 0. The number of amides is 1. The quantitative estimate of drug-likeness (QED) is 0.889. The number of piperidine rings is 1. The predicted octanol–water partition coefficient (Wildman–Crippen LogP) is 1.58. The number of carbonyl (C=O) groups excluding carboxylic acids is 1. The van der Waals surface area contributed by atoms with Crippen LogP contribution in [0.4, 0.5) is 0 Å². The fraction of sp³-hybridized carbons (Fsp3) is 0.533. The number of hydrogen-bond acceptors (Lipinski definition) is 4. The van der Waals surface area contributed by atoms with Gasteiger partial charge in [-0.1, -0.05) is 12.1 Å². The second-order valence-corrected chi connectivity index (χ2v) is 4.84. The third kappa shape index (κ3) is 3.42. The zero-order chi connectivity index (χ0) is 14.4. The van der Waals surface area contributed by atoms with Crippen LogP contribution in [0.1, 0.15) is 24.8 Å². The van der Waals surface area contributed by atoms with Crippen LogP contribution in [-0.2, 0) is 11.4 Å². The molecule has 0 bridgehead atoms. The molecule has 1 aliphatic rings.